The molecule has 0 bridgehead atoms. The Balaban J connectivity index is 2.14. The minimum absolute atomic E-state index is 0.0853. The van der Waals surface area contributed by atoms with Gasteiger partial charge in [-0.2, -0.15) is 0 Å². The quantitative estimate of drug-likeness (QED) is 0.679. The lowest BCUT2D eigenvalue weighted by Gasteiger charge is -2.26. The Hall–Kier alpha value is -2.29. The normalized spacial score (nSPS) is 11.1. The number of ether oxygens (including phenoxy) is 2. The summed E-state index contributed by atoms with van der Waals surface area (Å²) in [5.74, 6) is 1.61. The van der Waals surface area contributed by atoms with Crippen LogP contribution in [0.3, 0.4) is 0 Å². The lowest BCUT2D eigenvalue weighted by molar-refractivity contribution is -0.109. The van der Waals surface area contributed by atoms with Gasteiger partial charge in [0.1, 0.15) is 18.1 Å². The van der Waals surface area contributed by atoms with E-state index < -0.39 is 0 Å². The van der Waals surface area contributed by atoms with Crippen LogP contribution >= 0.6 is 0 Å². The Morgan fingerprint density at radius 1 is 0.870 bits per heavy atom. The number of hydrogen-bond donors (Lipinski definition) is 0. The molecule has 0 spiro atoms. The van der Waals surface area contributed by atoms with E-state index in [0.29, 0.717) is 5.75 Å². The van der Waals surface area contributed by atoms with Crippen LogP contribution in [0.25, 0.3) is 0 Å². The Morgan fingerprint density at radius 3 is 1.78 bits per heavy atom. The summed E-state index contributed by atoms with van der Waals surface area (Å²) in [6.07, 6.45) is 1.76. The van der Waals surface area contributed by atoms with Gasteiger partial charge in [-0.1, -0.05) is 45.0 Å². The zero-order valence-corrected chi connectivity index (χ0v) is 14.0. The first-order chi connectivity index (χ1) is 11.1. The minimum atomic E-state index is -0.119. The van der Waals surface area contributed by atoms with Crippen LogP contribution in [0.1, 0.15) is 38.3 Å². The highest BCUT2D eigenvalue weighted by molar-refractivity contribution is 5.51. The molecular weight excluding hydrogens is 288 g/mol. The van der Waals surface area contributed by atoms with E-state index in [1.165, 1.54) is 11.1 Å². The molecule has 23 heavy (non-hydrogen) atoms. The zero-order chi connectivity index (χ0) is 16.7. The van der Waals surface area contributed by atoms with Crippen LogP contribution in [-0.2, 0) is 10.2 Å². The largest absolute Gasteiger partial charge is 0.494 e. The molecular formula is C20H24O3. The fourth-order valence-electron chi connectivity index (χ4n) is 2.45. The number of hydrogen-bond acceptors (Lipinski definition) is 3. The molecule has 0 amide bonds. The van der Waals surface area contributed by atoms with Crippen molar-refractivity contribution >= 4 is 6.29 Å². The first-order valence-corrected chi connectivity index (χ1v) is 7.98. The number of benzene rings is 2. The fourth-order valence-corrected chi connectivity index (χ4v) is 2.45. The third-order valence-electron chi connectivity index (χ3n) is 3.94. The number of carbonyl (C=O) groups is 1. The van der Waals surface area contributed by atoms with Gasteiger partial charge in [-0.05, 0) is 41.8 Å². The maximum absolute atomic E-state index is 10.3. The van der Waals surface area contributed by atoms with Crippen LogP contribution in [0.2, 0.25) is 0 Å². The van der Waals surface area contributed by atoms with Crippen LogP contribution in [0, 0.1) is 0 Å². The van der Waals surface area contributed by atoms with E-state index in [1.807, 2.05) is 36.4 Å². The summed E-state index contributed by atoms with van der Waals surface area (Å²) in [7, 11) is 0. The van der Waals surface area contributed by atoms with Gasteiger partial charge in [0, 0.05) is 5.41 Å². The molecule has 0 saturated carbocycles. The SMILES string of the molecule is CCCOc1ccc(C(C)(C)c2ccc(OCC=O)cc2)cc1. The summed E-state index contributed by atoms with van der Waals surface area (Å²) in [5.41, 5.74) is 2.30. The molecule has 122 valence electrons. The van der Waals surface area contributed by atoms with Gasteiger partial charge in [0.25, 0.3) is 0 Å². The highest BCUT2D eigenvalue weighted by atomic mass is 16.5. The molecule has 0 aromatic heterocycles. The van der Waals surface area contributed by atoms with Gasteiger partial charge in [0.2, 0.25) is 0 Å². The predicted molar refractivity (Wildman–Crippen MR) is 92.4 cm³/mol. The molecule has 0 fully saturated rings. The van der Waals surface area contributed by atoms with E-state index in [0.717, 1.165) is 25.1 Å². The van der Waals surface area contributed by atoms with E-state index in [1.54, 1.807) is 0 Å². The Kier molecular flexibility index (Phi) is 5.80. The number of aldehydes is 1. The first-order valence-electron chi connectivity index (χ1n) is 7.98. The molecule has 0 heterocycles. The van der Waals surface area contributed by atoms with Crippen molar-refractivity contribution in [3.8, 4) is 11.5 Å². The van der Waals surface area contributed by atoms with Gasteiger partial charge in [-0.3, -0.25) is 4.79 Å². The molecule has 0 atom stereocenters. The second kappa shape index (κ2) is 7.82. The van der Waals surface area contributed by atoms with E-state index in [2.05, 4.69) is 32.9 Å². The van der Waals surface area contributed by atoms with E-state index in [4.69, 9.17) is 9.47 Å². The maximum atomic E-state index is 10.3. The number of rotatable bonds is 8. The molecule has 0 aliphatic carbocycles. The van der Waals surface area contributed by atoms with Gasteiger partial charge in [-0.15, -0.1) is 0 Å². The van der Waals surface area contributed by atoms with E-state index in [-0.39, 0.29) is 12.0 Å². The molecule has 0 unspecified atom stereocenters. The van der Waals surface area contributed by atoms with Crippen LogP contribution in [-0.4, -0.2) is 19.5 Å². The monoisotopic (exact) mass is 312 g/mol. The summed E-state index contributed by atoms with van der Waals surface area (Å²) in [4.78, 5) is 10.3. The van der Waals surface area contributed by atoms with Gasteiger partial charge < -0.3 is 9.47 Å². The lowest BCUT2D eigenvalue weighted by atomic mass is 9.78. The zero-order valence-electron chi connectivity index (χ0n) is 14.0. The second-order valence-electron chi connectivity index (χ2n) is 6.00. The molecule has 3 heteroatoms. The molecule has 0 N–H and O–H groups in total. The second-order valence-corrected chi connectivity index (χ2v) is 6.00. The molecule has 3 nitrogen and oxygen atoms in total. The van der Waals surface area contributed by atoms with Gasteiger partial charge in [-0.25, -0.2) is 0 Å². The third-order valence-corrected chi connectivity index (χ3v) is 3.94. The molecule has 0 aliphatic heterocycles. The topological polar surface area (TPSA) is 35.5 Å². The lowest BCUT2D eigenvalue weighted by Crippen LogP contribution is -2.18. The first kappa shape index (κ1) is 17.1. The molecule has 0 radical (unpaired) electrons. The summed E-state index contributed by atoms with van der Waals surface area (Å²) in [5, 5.41) is 0. The molecule has 2 rings (SSSR count). The van der Waals surface area contributed by atoms with E-state index >= 15 is 0 Å². The van der Waals surface area contributed by atoms with Gasteiger partial charge in [0.15, 0.2) is 6.29 Å². The Morgan fingerprint density at radius 2 is 1.35 bits per heavy atom. The van der Waals surface area contributed by atoms with Crippen molar-refractivity contribution in [3.05, 3.63) is 59.7 Å². The molecule has 2 aromatic carbocycles. The fraction of sp³-hybridized carbons (Fsp3) is 0.350. The standard InChI is InChI=1S/C20H24O3/c1-4-14-22-18-9-5-16(6-10-18)20(2,3)17-7-11-19(12-8-17)23-15-13-21/h5-13H,4,14-15H2,1-3H3. The van der Waals surface area contributed by atoms with Crippen molar-refractivity contribution in [1.82, 2.24) is 0 Å². The summed E-state index contributed by atoms with van der Waals surface area (Å²) in [6, 6.07) is 16.2. The van der Waals surface area contributed by atoms with E-state index in [9.17, 15) is 4.79 Å². The highest BCUT2D eigenvalue weighted by Crippen LogP contribution is 2.33. The number of carbonyl (C=O) groups excluding carboxylic acids is 1. The average Bonchev–Trinajstić information content (AvgIpc) is 2.59. The van der Waals surface area contributed by atoms with Crippen molar-refractivity contribution in [2.45, 2.75) is 32.6 Å². The molecule has 0 saturated heterocycles. The van der Waals surface area contributed by atoms with Crippen molar-refractivity contribution < 1.29 is 14.3 Å². The van der Waals surface area contributed by atoms with Crippen molar-refractivity contribution in [3.63, 3.8) is 0 Å². The van der Waals surface area contributed by atoms with Crippen molar-refractivity contribution in [1.29, 1.82) is 0 Å². The van der Waals surface area contributed by atoms with Crippen LogP contribution in [0.4, 0.5) is 0 Å². The van der Waals surface area contributed by atoms with Crippen molar-refractivity contribution in [2.24, 2.45) is 0 Å². The van der Waals surface area contributed by atoms with Crippen LogP contribution < -0.4 is 9.47 Å². The average molecular weight is 312 g/mol. The van der Waals surface area contributed by atoms with Crippen LogP contribution in [0.5, 0.6) is 11.5 Å². The smallest absolute Gasteiger partial charge is 0.157 e. The molecule has 2 aromatic rings. The maximum Gasteiger partial charge on any atom is 0.157 e. The third kappa shape index (κ3) is 4.35. The minimum Gasteiger partial charge on any atom is -0.494 e. The van der Waals surface area contributed by atoms with Crippen molar-refractivity contribution in [2.75, 3.05) is 13.2 Å². The molecule has 0 aliphatic rings. The summed E-state index contributed by atoms with van der Waals surface area (Å²) < 4.78 is 10.9. The van der Waals surface area contributed by atoms with Crippen LogP contribution in [0.15, 0.2) is 48.5 Å². The van der Waals surface area contributed by atoms with Gasteiger partial charge >= 0.3 is 0 Å². The Labute approximate surface area is 138 Å². The predicted octanol–water partition coefficient (Wildman–Crippen LogP) is 4.38. The summed E-state index contributed by atoms with van der Waals surface area (Å²) in [6.45, 7) is 7.30. The Bertz CT molecular complexity index is 612. The van der Waals surface area contributed by atoms with Gasteiger partial charge in [0.05, 0.1) is 6.61 Å². The summed E-state index contributed by atoms with van der Waals surface area (Å²) >= 11 is 0. The highest BCUT2D eigenvalue weighted by Gasteiger charge is 2.23.